The summed E-state index contributed by atoms with van der Waals surface area (Å²) in [5, 5.41) is 7.20. The van der Waals surface area contributed by atoms with Gasteiger partial charge in [-0.25, -0.2) is 9.78 Å². The van der Waals surface area contributed by atoms with Crippen LogP contribution in [0.1, 0.15) is 11.3 Å². The Morgan fingerprint density at radius 2 is 1.86 bits per heavy atom. The summed E-state index contributed by atoms with van der Waals surface area (Å²) in [7, 11) is 0. The lowest BCUT2D eigenvalue weighted by atomic mass is 10.1. The van der Waals surface area contributed by atoms with E-state index in [4.69, 9.17) is 4.74 Å². The van der Waals surface area contributed by atoms with Crippen molar-refractivity contribution in [1.29, 1.82) is 0 Å². The van der Waals surface area contributed by atoms with Gasteiger partial charge in [0.15, 0.2) is 6.61 Å². The van der Waals surface area contributed by atoms with Crippen molar-refractivity contribution in [1.82, 2.24) is 10.3 Å². The van der Waals surface area contributed by atoms with Crippen LogP contribution in [0, 0.1) is 6.92 Å². The number of nitrogens with one attached hydrogen (secondary N) is 2. The lowest BCUT2D eigenvalue weighted by molar-refractivity contribution is -0.147. The first-order chi connectivity index (χ1) is 14.0. The van der Waals surface area contributed by atoms with E-state index >= 15 is 0 Å². The van der Waals surface area contributed by atoms with Gasteiger partial charge in [-0.2, -0.15) is 0 Å². The molecule has 0 bridgehead atoms. The summed E-state index contributed by atoms with van der Waals surface area (Å²) in [6, 6.07) is 15.9. The highest BCUT2D eigenvalue weighted by Crippen LogP contribution is 2.24. The van der Waals surface area contributed by atoms with Crippen LogP contribution in [0.5, 0.6) is 0 Å². The third-order valence-corrected chi connectivity index (χ3v) is 4.73. The number of benzene rings is 2. The van der Waals surface area contributed by atoms with Gasteiger partial charge in [0.05, 0.1) is 12.1 Å². The number of carbonyl (C=O) groups excluding carboxylic acids is 3. The molecule has 0 aliphatic heterocycles. The van der Waals surface area contributed by atoms with E-state index < -0.39 is 24.5 Å². The Hall–Kier alpha value is -3.52. The predicted molar refractivity (Wildman–Crippen MR) is 111 cm³/mol. The fourth-order valence-electron chi connectivity index (χ4n) is 2.49. The smallest absolute Gasteiger partial charge is 0.325 e. The van der Waals surface area contributed by atoms with Crippen LogP contribution in [0.15, 0.2) is 60.0 Å². The molecule has 2 N–H and O–H groups in total. The van der Waals surface area contributed by atoms with Gasteiger partial charge in [-0.15, -0.1) is 11.3 Å². The van der Waals surface area contributed by atoms with E-state index in [1.807, 2.05) is 31.2 Å². The fourth-order valence-corrected chi connectivity index (χ4v) is 3.31. The van der Waals surface area contributed by atoms with Crippen molar-refractivity contribution in [3.8, 4) is 10.6 Å². The Labute approximate surface area is 171 Å². The van der Waals surface area contributed by atoms with E-state index in [0.717, 1.165) is 16.1 Å². The highest BCUT2D eigenvalue weighted by atomic mass is 32.1. The quantitative estimate of drug-likeness (QED) is 0.607. The average molecular weight is 409 g/mol. The molecule has 3 amide bonds. The van der Waals surface area contributed by atoms with E-state index in [0.29, 0.717) is 11.4 Å². The second-order valence-corrected chi connectivity index (χ2v) is 7.08. The van der Waals surface area contributed by atoms with Crippen molar-refractivity contribution < 1.29 is 19.1 Å². The van der Waals surface area contributed by atoms with Gasteiger partial charge in [-0.05, 0) is 25.1 Å². The molecule has 0 saturated carbocycles. The number of aromatic nitrogens is 1. The van der Waals surface area contributed by atoms with Crippen molar-refractivity contribution in [2.75, 3.05) is 11.9 Å². The number of hydrogen-bond donors (Lipinski definition) is 2. The first kappa shape index (κ1) is 20.2. The van der Waals surface area contributed by atoms with Gasteiger partial charge in [0.25, 0.3) is 5.91 Å². The lowest BCUT2D eigenvalue weighted by Crippen LogP contribution is -2.37. The van der Waals surface area contributed by atoms with Crippen molar-refractivity contribution in [2.24, 2.45) is 0 Å². The van der Waals surface area contributed by atoms with Crippen LogP contribution in [0.3, 0.4) is 0 Å². The Balaban J connectivity index is 1.44. The maximum Gasteiger partial charge on any atom is 0.325 e. The normalized spacial score (nSPS) is 10.2. The number of rotatable bonds is 6. The number of thiazole rings is 1. The first-order valence-corrected chi connectivity index (χ1v) is 9.70. The van der Waals surface area contributed by atoms with E-state index in [2.05, 4.69) is 15.6 Å². The van der Waals surface area contributed by atoms with E-state index in [-0.39, 0.29) is 6.42 Å². The Bertz CT molecular complexity index is 1020. The monoisotopic (exact) mass is 409 g/mol. The van der Waals surface area contributed by atoms with Crippen molar-refractivity contribution >= 4 is 34.9 Å². The molecule has 0 unspecified atom stereocenters. The van der Waals surface area contributed by atoms with Gasteiger partial charge in [0, 0.05) is 16.6 Å². The Kier molecular flexibility index (Phi) is 6.70. The molecule has 29 heavy (non-hydrogen) atoms. The Morgan fingerprint density at radius 1 is 1.07 bits per heavy atom. The molecule has 0 fully saturated rings. The minimum absolute atomic E-state index is 0.0498. The topological polar surface area (TPSA) is 97.4 Å². The van der Waals surface area contributed by atoms with Gasteiger partial charge >= 0.3 is 12.0 Å². The molecule has 0 atom stereocenters. The van der Waals surface area contributed by atoms with Crippen LogP contribution < -0.4 is 10.6 Å². The number of hydrogen-bond acceptors (Lipinski definition) is 6. The highest BCUT2D eigenvalue weighted by Gasteiger charge is 2.13. The molecule has 0 saturated heterocycles. The molecular formula is C21H19N3O4S. The molecule has 0 spiro atoms. The maximum atomic E-state index is 12.0. The first-order valence-electron chi connectivity index (χ1n) is 8.82. The molecule has 0 aliphatic carbocycles. The minimum atomic E-state index is -0.717. The SMILES string of the molecule is Cc1cccc(-c2nc(CC(=O)OCC(=O)NC(=O)Nc3ccccc3)cs2)c1. The maximum absolute atomic E-state index is 12.0. The largest absolute Gasteiger partial charge is 0.455 e. The molecule has 148 valence electrons. The van der Waals surface area contributed by atoms with E-state index in [1.54, 1.807) is 35.7 Å². The van der Waals surface area contributed by atoms with E-state index in [9.17, 15) is 14.4 Å². The standard InChI is InChI=1S/C21H19N3O4S/c1-14-6-5-7-15(10-14)20-22-17(13-29-20)11-19(26)28-12-18(25)24-21(27)23-16-8-3-2-4-9-16/h2-10,13H,11-12H2,1H3,(H2,23,24,25,27). The van der Waals surface area contributed by atoms with Gasteiger partial charge < -0.3 is 10.1 Å². The van der Waals surface area contributed by atoms with Gasteiger partial charge in [-0.1, -0.05) is 42.0 Å². The number of carbonyl (C=O) groups is 3. The number of amides is 3. The van der Waals surface area contributed by atoms with Crippen LogP contribution in [-0.4, -0.2) is 29.5 Å². The number of urea groups is 1. The summed E-state index contributed by atoms with van der Waals surface area (Å²) in [4.78, 5) is 39.9. The molecule has 7 nitrogen and oxygen atoms in total. The van der Waals surface area contributed by atoms with Gasteiger partial charge in [-0.3, -0.25) is 14.9 Å². The summed E-state index contributed by atoms with van der Waals surface area (Å²) in [5.74, 6) is -1.31. The molecule has 0 radical (unpaired) electrons. The molecule has 3 rings (SSSR count). The van der Waals surface area contributed by atoms with Crippen molar-refractivity contribution in [2.45, 2.75) is 13.3 Å². The number of anilines is 1. The van der Waals surface area contributed by atoms with Crippen LogP contribution in [0.2, 0.25) is 0 Å². The average Bonchev–Trinajstić information content (AvgIpc) is 3.15. The molecule has 1 aromatic heterocycles. The van der Waals surface area contributed by atoms with Gasteiger partial charge in [0.1, 0.15) is 5.01 Å². The fraction of sp³-hybridized carbons (Fsp3) is 0.143. The molecule has 2 aromatic carbocycles. The zero-order valence-corrected chi connectivity index (χ0v) is 16.5. The summed E-state index contributed by atoms with van der Waals surface area (Å²) < 4.78 is 4.93. The predicted octanol–water partition coefficient (Wildman–Crippen LogP) is 3.55. The molecule has 3 aromatic rings. The minimum Gasteiger partial charge on any atom is -0.455 e. The number of imide groups is 1. The van der Waals surface area contributed by atoms with Crippen LogP contribution in [-0.2, 0) is 20.7 Å². The van der Waals surface area contributed by atoms with Crippen LogP contribution in [0.25, 0.3) is 10.6 Å². The Morgan fingerprint density at radius 3 is 2.62 bits per heavy atom. The number of para-hydroxylation sites is 1. The summed E-state index contributed by atoms with van der Waals surface area (Å²) in [5.41, 5.74) is 3.22. The number of esters is 1. The van der Waals surface area contributed by atoms with Crippen molar-refractivity contribution in [3.05, 3.63) is 71.2 Å². The van der Waals surface area contributed by atoms with Crippen LogP contribution >= 0.6 is 11.3 Å². The third kappa shape index (κ3) is 6.25. The lowest BCUT2D eigenvalue weighted by Gasteiger charge is -2.07. The number of nitrogens with zero attached hydrogens (tertiary/aromatic N) is 1. The van der Waals surface area contributed by atoms with E-state index in [1.165, 1.54) is 11.3 Å². The molecule has 1 heterocycles. The summed E-state index contributed by atoms with van der Waals surface area (Å²) in [6.07, 6.45) is -0.0498. The number of aryl methyl sites for hydroxylation is 1. The summed E-state index contributed by atoms with van der Waals surface area (Å²) >= 11 is 1.44. The molecular weight excluding hydrogens is 390 g/mol. The third-order valence-electron chi connectivity index (χ3n) is 3.79. The summed E-state index contributed by atoms with van der Waals surface area (Å²) in [6.45, 7) is 1.45. The zero-order valence-electron chi connectivity index (χ0n) is 15.7. The highest BCUT2D eigenvalue weighted by molar-refractivity contribution is 7.13. The second kappa shape index (κ2) is 9.61. The zero-order chi connectivity index (χ0) is 20.6. The van der Waals surface area contributed by atoms with Crippen LogP contribution in [0.4, 0.5) is 10.5 Å². The number of ether oxygens (including phenoxy) is 1. The van der Waals surface area contributed by atoms with Gasteiger partial charge in [0.2, 0.25) is 0 Å². The van der Waals surface area contributed by atoms with Crippen molar-refractivity contribution in [3.63, 3.8) is 0 Å². The second-order valence-electron chi connectivity index (χ2n) is 6.22. The molecule has 8 heteroatoms. The molecule has 0 aliphatic rings.